The molecule has 1 aromatic carbocycles. The monoisotopic (exact) mass is 389 g/mol. The number of hydrogen-bond acceptors (Lipinski definition) is 5. The first-order valence-corrected chi connectivity index (χ1v) is 9.65. The van der Waals surface area contributed by atoms with Gasteiger partial charge in [-0.1, -0.05) is 32.9 Å². The molecule has 6 heteroatoms. The lowest BCUT2D eigenvalue weighted by atomic mass is 9.97. The van der Waals surface area contributed by atoms with E-state index in [-0.39, 0.29) is 5.41 Å². The van der Waals surface area contributed by atoms with Crippen molar-refractivity contribution >= 4 is 5.97 Å². The quantitative estimate of drug-likeness (QED) is 0.691. The van der Waals surface area contributed by atoms with Gasteiger partial charge in [-0.15, -0.1) is 0 Å². The minimum Gasteiger partial charge on any atom is -0.493 e. The number of rotatable bonds is 9. The summed E-state index contributed by atoms with van der Waals surface area (Å²) in [6, 6.07) is 5.71. The lowest BCUT2D eigenvalue weighted by Crippen LogP contribution is -2.26. The highest BCUT2D eigenvalue weighted by atomic mass is 16.5. The van der Waals surface area contributed by atoms with Crippen LogP contribution in [0.3, 0.4) is 0 Å². The maximum Gasteiger partial charge on any atom is 0.333 e. The van der Waals surface area contributed by atoms with Gasteiger partial charge in [-0.05, 0) is 38.0 Å². The van der Waals surface area contributed by atoms with Crippen LogP contribution in [0.4, 0.5) is 0 Å². The average Bonchev–Trinajstić information content (AvgIpc) is 2.97. The van der Waals surface area contributed by atoms with E-state index in [2.05, 4.69) is 25.8 Å². The van der Waals surface area contributed by atoms with Crippen molar-refractivity contribution in [1.29, 1.82) is 0 Å². The van der Waals surface area contributed by atoms with Crippen molar-refractivity contribution in [3.8, 4) is 5.75 Å². The smallest absolute Gasteiger partial charge is 0.333 e. The fourth-order valence-electron chi connectivity index (χ4n) is 2.87. The van der Waals surface area contributed by atoms with Crippen molar-refractivity contribution in [2.75, 3.05) is 13.2 Å². The van der Waals surface area contributed by atoms with E-state index in [1.165, 1.54) is 0 Å². The summed E-state index contributed by atoms with van der Waals surface area (Å²) in [6.07, 6.45) is 0.166. The van der Waals surface area contributed by atoms with E-state index >= 15 is 0 Å². The number of oxazole rings is 1. The van der Waals surface area contributed by atoms with Crippen LogP contribution in [0.15, 0.2) is 22.6 Å². The molecule has 0 amide bonds. The summed E-state index contributed by atoms with van der Waals surface area (Å²) in [5.74, 6) is 1.40. The molecule has 28 heavy (non-hydrogen) atoms. The number of nitrogens with zero attached hydrogens (tertiary/aromatic N) is 1. The highest BCUT2D eigenvalue weighted by Crippen LogP contribution is 2.25. The Balaban J connectivity index is 1.97. The first-order valence-electron chi connectivity index (χ1n) is 9.65. The average molecular weight is 389 g/mol. The molecule has 0 spiro atoms. The number of aryl methyl sites for hydroxylation is 2. The van der Waals surface area contributed by atoms with Gasteiger partial charge in [0.25, 0.3) is 0 Å². The SMILES string of the molecule is CCOC(Cc1ccc(OCCc2nc(C(C)(C)C)oc2C)c(C)c1)C(=O)O. The predicted octanol–water partition coefficient (Wildman–Crippen LogP) is 4.24. The van der Waals surface area contributed by atoms with Gasteiger partial charge in [-0.2, -0.15) is 0 Å². The second kappa shape index (κ2) is 9.24. The van der Waals surface area contributed by atoms with Crippen molar-refractivity contribution < 1.29 is 23.8 Å². The van der Waals surface area contributed by atoms with Crippen molar-refractivity contribution in [2.45, 2.75) is 65.9 Å². The Morgan fingerprint density at radius 3 is 2.54 bits per heavy atom. The molecular weight excluding hydrogens is 358 g/mol. The van der Waals surface area contributed by atoms with Gasteiger partial charge in [-0.25, -0.2) is 9.78 Å². The van der Waals surface area contributed by atoms with Crippen LogP contribution in [0.1, 0.15) is 56.2 Å². The maximum absolute atomic E-state index is 11.2. The number of aromatic nitrogens is 1. The van der Waals surface area contributed by atoms with Crippen molar-refractivity contribution in [3.63, 3.8) is 0 Å². The molecule has 0 saturated carbocycles. The zero-order chi connectivity index (χ0) is 20.9. The van der Waals surface area contributed by atoms with Crippen LogP contribution >= 0.6 is 0 Å². The van der Waals surface area contributed by atoms with E-state index in [1.807, 2.05) is 32.0 Å². The molecule has 1 atom stereocenters. The van der Waals surface area contributed by atoms with Crippen molar-refractivity contribution in [3.05, 3.63) is 46.7 Å². The Bertz CT molecular complexity index is 804. The zero-order valence-corrected chi connectivity index (χ0v) is 17.7. The Morgan fingerprint density at radius 2 is 2.00 bits per heavy atom. The Labute approximate surface area is 166 Å². The molecule has 154 valence electrons. The largest absolute Gasteiger partial charge is 0.493 e. The van der Waals surface area contributed by atoms with Crippen LogP contribution in [0.5, 0.6) is 5.75 Å². The first-order chi connectivity index (χ1) is 13.1. The number of carboxylic acids is 1. The molecule has 2 rings (SSSR count). The van der Waals surface area contributed by atoms with Gasteiger partial charge < -0.3 is 19.0 Å². The summed E-state index contributed by atoms with van der Waals surface area (Å²) in [4.78, 5) is 15.8. The summed E-state index contributed by atoms with van der Waals surface area (Å²) in [5.41, 5.74) is 2.67. The van der Waals surface area contributed by atoms with E-state index in [0.717, 1.165) is 34.2 Å². The van der Waals surface area contributed by atoms with Crippen LogP contribution in [0.2, 0.25) is 0 Å². The van der Waals surface area contributed by atoms with Crippen molar-refractivity contribution in [1.82, 2.24) is 4.98 Å². The summed E-state index contributed by atoms with van der Waals surface area (Å²) in [6.45, 7) is 12.8. The molecule has 1 heterocycles. The minimum absolute atomic E-state index is 0.119. The molecule has 0 saturated heterocycles. The molecule has 0 radical (unpaired) electrons. The topological polar surface area (TPSA) is 81.8 Å². The minimum atomic E-state index is -0.947. The number of ether oxygens (including phenoxy) is 2. The molecule has 1 N–H and O–H groups in total. The third-order valence-corrected chi connectivity index (χ3v) is 4.43. The summed E-state index contributed by atoms with van der Waals surface area (Å²) < 4.78 is 17.0. The maximum atomic E-state index is 11.2. The second-order valence-electron chi connectivity index (χ2n) is 7.96. The third kappa shape index (κ3) is 5.83. The highest BCUT2D eigenvalue weighted by Gasteiger charge is 2.22. The highest BCUT2D eigenvalue weighted by molar-refractivity contribution is 5.72. The molecule has 1 unspecified atom stereocenters. The van der Waals surface area contributed by atoms with Crippen LogP contribution < -0.4 is 4.74 Å². The molecule has 0 fully saturated rings. The predicted molar refractivity (Wildman–Crippen MR) is 107 cm³/mol. The van der Waals surface area contributed by atoms with Gasteiger partial charge in [0.15, 0.2) is 12.0 Å². The lowest BCUT2D eigenvalue weighted by Gasteiger charge is -2.14. The standard InChI is InChI=1S/C22H31NO5/c1-7-26-19(20(24)25)13-16-8-9-18(14(2)12-16)27-11-10-17-15(3)28-21(23-17)22(4,5)6/h8-9,12,19H,7,10-11,13H2,1-6H3,(H,24,25). The van der Waals surface area contributed by atoms with Gasteiger partial charge in [-0.3, -0.25) is 0 Å². The number of aliphatic carboxylic acids is 1. The van der Waals surface area contributed by atoms with Gasteiger partial charge in [0.05, 0.1) is 12.3 Å². The van der Waals surface area contributed by atoms with Crippen LogP contribution in [-0.2, 0) is 27.8 Å². The molecular formula is C22H31NO5. The van der Waals surface area contributed by atoms with E-state index in [1.54, 1.807) is 6.92 Å². The van der Waals surface area contributed by atoms with E-state index < -0.39 is 12.1 Å². The van der Waals surface area contributed by atoms with Crippen molar-refractivity contribution in [2.24, 2.45) is 0 Å². The molecule has 1 aromatic heterocycles. The summed E-state index contributed by atoms with van der Waals surface area (Å²) in [5, 5.41) is 9.22. The molecule has 6 nitrogen and oxygen atoms in total. The Hall–Kier alpha value is -2.34. The molecule has 0 aliphatic carbocycles. The number of benzene rings is 1. The third-order valence-electron chi connectivity index (χ3n) is 4.43. The fraction of sp³-hybridized carbons (Fsp3) is 0.545. The fourth-order valence-corrected chi connectivity index (χ4v) is 2.87. The zero-order valence-electron chi connectivity index (χ0n) is 17.7. The second-order valence-corrected chi connectivity index (χ2v) is 7.96. The van der Waals surface area contributed by atoms with Gasteiger partial charge in [0, 0.05) is 24.9 Å². The van der Waals surface area contributed by atoms with Gasteiger partial charge >= 0.3 is 5.97 Å². The summed E-state index contributed by atoms with van der Waals surface area (Å²) >= 11 is 0. The molecule has 0 bridgehead atoms. The molecule has 0 aliphatic heterocycles. The number of hydrogen-bond donors (Lipinski definition) is 1. The lowest BCUT2D eigenvalue weighted by molar-refractivity contribution is -0.149. The van der Waals surface area contributed by atoms with Crippen LogP contribution in [0.25, 0.3) is 0 Å². The Kier molecular flexibility index (Phi) is 7.24. The normalized spacial score (nSPS) is 12.8. The van der Waals surface area contributed by atoms with Crippen LogP contribution in [-0.4, -0.2) is 35.4 Å². The number of carbonyl (C=O) groups is 1. The van der Waals surface area contributed by atoms with Crippen LogP contribution in [0, 0.1) is 13.8 Å². The van der Waals surface area contributed by atoms with E-state index in [4.69, 9.17) is 13.9 Å². The van der Waals surface area contributed by atoms with Gasteiger partial charge in [0.2, 0.25) is 0 Å². The van der Waals surface area contributed by atoms with E-state index in [9.17, 15) is 9.90 Å². The Morgan fingerprint density at radius 1 is 1.29 bits per heavy atom. The van der Waals surface area contributed by atoms with E-state index in [0.29, 0.717) is 26.1 Å². The van der Waals surface area contributed by atoms with Gasteiger partial charge in [0.1, 0.15) is 11.5 Å². The first kappa shape index (κ1) is 22.0. The molecule has 2 aromatic rings. The summed E-state index contributed by atoms with van der Waals surface area (Å²) in [7, 11) is 0. The molecule has 0 aliphatic rings. The number of carboxylic acid groups (broad SMARTS) is 1.